The molecule has 1 unspecified atom stereocenters. The molecule has 2 aromatic rings. The van der Waals surface area contributed by atoms with Gasteiger partial charge in [-0.2, -0.15) is 0 Å². The molecule has 3 rings (SSSR count). The monoisotopic (exact) mass is 497 g/mol. The van der Waals surface area contributed by atoms with Gasteiger partial charge < -0.3 is 19.9 Å². The van der Waals surface area contributed by atoms with Gasteiger partial charge in [0.2, 0.25) is 0 Å². The number of morpholine rings is 1. The molecule has 1 aliphatic rings. The largest absolute Gasteiger partial charge is 0.379 e. The van der Waals surface area contributed by atoms with Crippen LogP contribution in [0.25, 0.3) is 0 Å². The van der Waals surface area contributed by atoms with Crippen LogP contribution in [0.2, 0.25) is 0 Å². The van der Waals surface area contributed by atoms with E-state index in [2.05, 4.69) is 68.7 Å². The number of rotatable bonds is 7. The van der Waals surface area contributed by atoms with Crippen LogP contribution in [0.1, 0.15) is 17.2 Å². The fraction of sp³-hybridized carbons (Fsp3) is 0.476. The number of guanidine groups is 1. The standard InChI is InChI=1S/C21H31N5O.HI/c1-18-6-5-7-19(16-18)20(26-12-14-27-15-13-26)17-24-21(22-2)23-8-11-25-9-3-4-10-25;/h3-7,9-10,16,20H,8,11-15,17H2,1-2H3,(H2,22,23,24);1H. The third kappa shape index (κ3) is 6.79. The van der Waals surface area contributed by atoms with Crippen molar-refractivity contribution in [1.82, 2.24) is 20.1 Å². The van der Waals surface area contributed by atoms with Crippen molar-refractivity contribution < 1.29 is 4.74 Å². The normalized spacial score (nSPS) is 16.3. The van der Waals surface area contributed by atoms with E-state index >= 15 is 0 Å². The molecule has 1 fully saturated rings. The van der Waals surface area contributed by atoms with Gasteiger partial charge in [0.25, 0.3) is 0 Å². The van der Waals surface area contributed by atoms with Crippen LogP contribution in [0, 0.1) is 6.92 Å². The van der Waals surface area contributed by atoms with Crippen LogP contribution in [0.3, 0.4) is 0 Å². The van der Waals surface area contributed by atoms with Crippen LogP contribution in [0.4, 0.5) is 0 Å². The minimum Gasteiger partial charge on any atom is -0.379 e. The summed E-state index contributed by atoms with van der Waals surface area (Å²) in [4.78, 5) is 6.88. The lowest BCUT2D eigenvalue weighted by Crippen LogP contribution is -2.46. The van der Waals surface area contributed by atoms with E-state index in [-0.39, 0.29) is 24.0 Å². The van der Waals surface area contributed by atoms with Crippen LogP contribution in [-0.2, 0) is 11.3 Å². The number of aliphatic imine (C=N–C) groups is 1. The van der Waals surface area contributed by atoms with Crippen molar-refractivity contribution in [3.63, 3.8) is 0 Å². The van der Waals surface area contributed by atoms with E-state index in [1.54, 1.807) is 0 Å². The van der Waals surface area contributed by atoms with Gasteiger partial charge in [-0.25, -0.2) is 0 Å². The Bertz CT molecular complexity index is 713. The van der Waals surface area contributed by atoms with E-state index in [0.717, 1.165) is 51.9 Å². The molecule has 6 nitrogen and oxygen atoms in total. The second-order valence-electron chi connectivity index (χ2n) is 6.88. The third-order valence-electron chi connectivity index (χ3n) is 4.93. The van der Waals surface area contributed by atoms with Crippen molar-refractivity contribution in [2.75, 3.05) is 46.4 Å². The first-order chi connectivity index (χ1) is 13.3. The van der Waals surface area contributed by atoms with Gasteiger partial charge in [0.05, 0.1) is 19.3 Å². The first kappa shape index (κ1) is 22.7. The summed E-state index contributed by atoms with van der Waals surface area (Å²) in [6.45, 7) is 8.22. The van der Waals surface area contributed by atoms with Crippen LogP contribution in [0.5, 0.6) is 0 Å². The second kappa shape index (κ2) is 12.1. The van der Waals surface area contributed by atoms with Crippen LogP contribution in [0.15, 0.2) is 53.8 Å². The van der Waals surface area contributed by atoms with Gasteiger partial charge in [-0.1, -0.05) is 29.8 Å². The van der Waals surface area contributed by atoms with Crippen molar-refractivity contribution in [3.05, 3.63) is 59.9 Å². The molecule has 7 heteroatoms. The van der Waals surface area contributed by atoms with Gasteiger partial charge >= 0.3 is 0 Å². The summed E-state index contributed by atoms with van der Waals surface area (Å²) in [5.74, 6) is 0.841. The summed E-state index contributed by atoms with van der Waals surface area (Å²) in [6, 6.07) is 13.2. The number of nitrogens with zero attached hydrogens (tertiary/aromatic N) is 3. The highest BCUT2D eigenvalue weighted by atomic mass is 127. The molecule has 28 heavy (non-hydrogen) atoms. The maximum Gasteiger partial charge on any atom is 0.191 e. The zero-order valence-electron chi connectivity index (χ0n) is 16.8. The van der Waals surface area contributed by atoms with E-state index in [9.17, 15) is 0 Å². The lowest BCUT2D eigenvalue weighted by Gasteiger charge is -2.35. The average molecular weight is 497 g/mol. The van der Waals surface area contributed by atoms with Gasteiger partial charge in [0, 0.05) is 52.2 Å². The highest BCUT2D eigenvalue weighted by molar-refractivity contribution is 14.0. The molecule has 0 bridgehead atoms. The Labute approximate surface area is 185 Å². The molecule has 1 aromatic heterocycles. The Kier molecular flexibility index (Phi) is 9.80. The first-order valence-corrected chi connectivity index (χ1v) is 9.70. The molecule has 0 spiro atoms. The molecule has 2 heterocycles. The molecule has 0 aliphatic carbocycles. The maximum absolute atomic E-state index is 5.54. The molecule has 1 aliphatic heterocycles. The zero-order valence-corrected chi connectivity index (χ0v) is 19.1. The summed E-state index contributed by atoms with van der Waals surface area (Å²) >= 11 is 0. The van der Waals surface area contributed by atoms with Crippen molar-refractivity contribution >= 4 is 29.9 Å². The Morgan fingerprint density at radius 1 is 1.14 bits per heavy atom. The predicted molar refractivity (Wildman–Crippen MR) is 126 cm³/mol. The Balaban J connectivity index is 0.00000280. The molecule has 2 N–H and O–H groups in total. The fourth-order valence-corrected chi connectivity index (χ4v) is 3.46. The number of hydrogen-bond donors (Lipinski definition) is 2. The molecule has 154 valence electrons. The maximum atomic E-state index is 5.54. The number of aromatic nitrogens is 1. The Hall–Kier alpha value is -1.58. The number of ether oxygens (including phenoxy) is 1. The Morgan fingerprint density at radius 3 is 2.57 bits per heavy atom. The third-order valence-corrected chi connectivity index (χ3v) is 4.93. The average Bonchev–Trinajstić information content (AvgIpc) is 3.21. The van der Waals surface area contributed by atoms with Gasteiger partial charge in [-0.15, -0.1) is 24.0 Å². The molecule has 0 radical (unpaired) electrons. The van der Waals surface area contributed by atoms with Crippen molar-refractivity contribution in [2.24, 2.45) is 4.99 Å². The van der Waals surface area contributed by atoms with Gasteiger partial charge in [0.15, 0.2) is 5.96 Å². The lowest BCUT2D eigenvalue weighted by molar-refractivity contribution is 0.0170. The van der Waals surface area contributed by atoms with Gasteiger partial charge in [0.1, 0.15) is 0 Å². The number of aryl methyl sites for hydroxylation is 1. The Morgan fingerprint density at radius 2 is 1.89 bits per heavy atom. The molecule has 0 saturated carbocycles. The molecular formula is C21H32IN5O. The predicted octanol–water partition coefficient (Wildman–Crippen LogP) is 2.65. The number of hydrogen-bond acceptors (Lipinski definition) is 3. The highest BCUT2D eigenvalue weighted by Gasteiger charge is 2.23. The first-order valence-electron chi connectivity index (χ1n) is 9.70. The zero-order chi connectivity index (χ0) is 18.9. The van der Waals surface area contributed by atoms with E-state index < -0.39 is 0 Å². The summed E-state index contributed by atoms with van der Waals surface area (Å²) in [6.07, 6.45) is 4.15. The summed E-state index contributed by atoms with van der Waals surface area (Å²) < 4.78 is 7.70. The van der Waals surface area contributed by atoms with Crippen LogP contribution < -0.4 is 10.6 Å². The van der Waals surface area contributed by atoms with Crippen LogP contribution in [-0.4, -0.2) is 61.9 Å². The van der Waals surface area contributed by atoms with E-state index in [1.165, 1.54) is 11.1 Å². The fourth-order valence-electron chi connectivity index (χ4n) is 3.46. The van der Waals surface area contributed by atoms with Gasteiger partial charge in [-0.05, 0) is 24.6 Å². The minimum absolute atomic E-state index is 0. The topological polar surface area (TPSA) is 53.8 Å². The molecule has 1 atom stereocenters. The molecule has 1 aromatic carbocycles. The van der Waals surface area contributed by atoms with Crippen LogP contribution >= 0.6 is 24.0 Å². The summed E-state index contributed by atoms with van der Waals surface area (Å²) in [7, 11) is 1.82. The molecule has 0 amide bonds. The highest BCUT2D eigenvalue weighted by Crippen LogP contribution is 2.22. The summed E-state index contributed by atoms with van der Waals surface area (Å²) in [5, 5.41) is 6.92. The minimum atomic E-state index is 0. The number of halogens is 1. The van der Waals surface area contributed by atoms with Crippen molar-refractivity contribution in [3.8, 4) is 0 Å². The second-order valence-corrected chi connectivity index (χ2v) is 6.88. The summed E-state index contributed by atoms with van der Waals surface area (Å²) in [5.41, 5.74) is 2.63. The van der Waals surface area contributed by atoms with Crippen molar-refractivity contribution in [1.29, 1.82) is 0 Å². The van der Waals surface area contributed by atoms with Gasteiger partial charge in [-0.3, -0.25) is 9.89 Å². The van der Waals surface area contributed by atoms with E-state index in [4.69, 9.17) is 4.74 Å². The molecular weight excluding hydrogens is 465 g/mol. The SMILES string of the molecule is CN=C(NCCn1cccc1)NCC(c1cccc(C)c1)N1CCOCC1.I. The number of nitrogens with one attached hydrogen (secondary N) is 2. The molecule has 1 saturated heterocycles. The smallest absolute Gasteiger partial charge is 0.191 e. The quantitative estimate of drug-likeness (QED) is 0.351. The van der Waals surface area contributed by atoms with Crippen molar-refractivity contribution in [2.45, 2.75) is 19.5 Å². The van der Waals surface area contributed by atoms with E-state index in [1.807, 2.05) is 19.2 Å². The number of benzene rings is 1. The lowest BCUT2D eigenvalue weighted by atomic mass is 10.0. The van der Waals surface area contributed by atoms with E-state index in [0.29, 0.717) is 6.04 Å².